The Kier molecular flexibility index (Phi) is 6.00. The van der Waals surface area contributed by atoms with Gasteiger partial charge in [0.1, 0.15) is 11.6 Å². The summed E-state index contributed by atoms with van der Waals surface area (Å²) in [6.45, 7) is 1.36. The van der Waals surface area contributed by atoms with Gasteiger partial charge in [-0.25, -0.2) is 8.78 Å². The number of rotatable bonds is 8. The predicted octanol–water partition coefficient (Wildman–Crippen LogP) is 1.53. The molecule has 3 N–H and O–H groups in total. The fourth-order valence-corrected chi connectivity index (χ4v) is 2.33. The number of aliphatic hydroxyl groups is 2. The normalized spacial score (nSPS) is 11.3. The second-order valence-electron chi connectivity index (χ2n) is 4.94. The molecule has 2 rings (SSSR count). The highest BCUT2D eigenvalue weighted by atomic mass is 19.1. The standard InChI is InChI=1S/C15H19F2N3O2/c16-12-3-1-4-13(17)14(12)15-11(9-18-19-15)10-20(6-8-22)5-2-7-21/h1,3-4,9,21-22H,2,5-8,10H2,(H,18,19). The first-order valence-corrected chi connectivity index (χ1v) is 7.08. The summed E-state index contributed by atoms with van der Waals surface area (Å²) in [7, 11) is 0. The van der Waals surface area contributed by atoms with Crippen LogP contribution in [0.4, 0.5) is 8.78 Å². The molecule has 0 saturated carbocycles. The van der Waals surface area contributed by atoms with Crippen LogP contribution in [-0.2, 0) is 6.54 Å². The Morgan fingerprint density at radius 2 is 1.82 bits per heavy atom. The molecule has 0 amide bonds. The minimum atomic E-state index is -0.658. The van der Waals surface area contributed by atoms with Crippen LogP contribution >= 0.6 is 0 Å². The van der Waals surface area contributed by atoms with E-state index in [4.69, 9.17) is 10.2 Å². The number of aliphatic hydroxyl groups excluding tert-OH is 2. The zero-order chi connectivity index (χ0) is 15.9. The zero-order valence-corrected chi connectivity index (χ0v) is 12.1. The van der Waals surface area contributed by atoms with Crippen LogP contribution in [0, 0.1) is 11.6 Å². The van der Waals surface area contributed by atoms with Crippen molar-refractivity contribution in [2.75, 3.05) is 26.3 Å². The molecule has 2 aromatic rings. The highest BCUT2D eigenvalue weighted by molar-refractivity contribution is 5.64. The molecular weight excluding hydrogens is 292 g/mol. The molecule has 0 aliphatic rings. The topological polar surface area (TPSA) is 72.4 Å². The maximum absolute atomic E-state index is 13.9. The third-order valence-electron chi connectivity index (χ3n) is 3.37. The number of hydrogen-bond acceptors (Lipinski definition) is 4. The highest BCUT2D eigenvalue weighted by Crippen LogP contribution is 2.27. The van der Waals surface area contributed by atoms with E-state index in [1.807, 2.05) is 4.90 Å². The maximum atomic E-state index is 13.9. The quantitative estimate of drug-likeness (QED) is 0.691. The van der Waals surface area contributed by atoms with Crippen molar-refractivity contribution in [3.8, 4) is 11.3 Å². The number of hydrogen-bond donors (Lipinski definition) is 3. The van der Waals surface area contributed by atoms with E-state index in [0.29, 0.717) is 37.3 Å². The van der Waals surface area contributed by atoms with Gasteiger partial charge in [-0.3, -0.25) is 10.00 Å². The molecule has 0 radical (unpaired) electrons. The van der Waals surface area contributed by atoms with Crippen molar-refractivity contribution in [2.45, 2.75) is 13.0 Å². The summed E-state index contributed by atoms with van der Waals surface area (Å²) in [5, 5.41) is 24.5. The number of benzene rings is 1. The van der Waals surface area contributed by atoms with Gasteiger partial charge in [0.05, 0.1) is 24.1 Å². The third-order valence-corrected chi connectivity index (χ3v) is 3.37. The minimum absolute atomic E-state index is 0.0350. The van der Waals surface area contributed by atoms with Gasteiger partial charge in [-0.1, -0.05) is 6.07 Å². The second kappa shape index (κ2) is 7.98. The molecule has 1 aromatic heterocycles. The molecule has 0 saturated heterocycles. The largest absolute Gasteiger partial charge is 0.396 e. The summed E-state index contributed by atoms with van der Waals surface area (Å²) in [5.41, 5.74) is 0.791. The van der Waals surface area contributed by atoms with E-state index in [1.54, 1.807) is 0 Å². The number of aromatic nitrogens is 2. The van der Waals surface area contributed by atoms with Crippen molar-refractivity contribution in [3.05, 3.63) is 41.6 Å². The SMILES string of the molecule is OCCCN(CCO)Cc1cn[nH]c1-c1c(F)cccc1F. The van der Waals surface area contributed by atoms with E-state index in [2.05, 4.69) is 10.2 Å². The molecule has 0 aliphatic heterocycles. The van der Waals surface area contributed by atoms with Gasteiger partial charge in [-0.15, -0.1) is 0 Å². The van der Waals surface area contributed by atoms with Gasteiger partial charge in [0.25, 0.3) is 0 Å². The van der Waals surface area contributed by atoms with Crippen LogP contribution in [0.15, 0.2) is 24.4 Å². The summed E-state index contributed by atoms with van der Waals surface area (Å²) >= 11 is 0. The summed E-state index contributed by atoms with van der Waals surface area (Å²) < 4.78 is 27.8. The fourth-order valence-electron chi connectivity index (χ4n) is 2.33. The van der Waals surface area contributed by atoms with E-state index >= 15 is 0 Å². The molecular formula is C15H19F2N3O2. The number of halogens is 2. The second-order valence-corrected chi connectivity index (χ2v) is 4.94. The molecule has 22 heavy (non-hydrogen) atoms. The Bertz CT molecular complexity index is 584. The Morgan fingerprint density at radius 1 is 1.09 bits per heavy atom. The van der Waals surface area contributed by atoms with E-state index in [-0.39, 0.29) is 18.8 Å². The summed E-state index contributed by atoms with van der Waals surface area (Å²) in [4.78, 5) is 1.89. The van der Waals surface area contributed by atoms with Crippen LogP contribution in [-0.4, -0.2) is 51.6 Å². The van der Waals surface area contributed by atoms with Crippen LogP contribution in [0.3, 0.4) is 0 Å². The minimum Gasteiger partial charge on any atom is -0.396 e. The van der Waals surface area contributed by atoms with Crippen molar-refractivity contribution < 1.29 is 19.0 Å². The highest BCUT2D eigenvalue weighted by Gasteiger charge is 2.18. The Hall–Kier alpha value is -1.83. The van der Waals surface area contributed by atoms with Gasteiger partial charge in [0, 0.05) is 31.8 Å². The first kappa shape index (κ1) is 16.5. The lowest BCUT2D eigenvalue weighted by Gasteiger charge is -2.20. The predicted molar refractivity (Wildman–Crippen MR) is 78.0 cm³/mol. The number of H-pyrrole nitrogens is 1. The Labute approximate surface area is 127 Å². The molecule has 1 heterocycles. The van der Waals surface area contributed by atoms with Gasteiger partial charge in [0.2, 0.25) is 0 Å². The Morgan fingerprint density at radius 3 is 2.45 bits per heavy atom. The number of aromatic amines is 1. The lowest BCUT2D eigenvalue weighted by atomic mass is 10.1. The van der Waals surface area contributed by atoms with E-state index in [0.717, 1.165) is 0 Å². The van der Waals surface area contributed by atoms with Crippen molar-refractivity contribution in [1.82, 2.24) is 15.1 Å². The zero-order valence-electron chi connectivity index (χ0n) is 12.1. The van der Waals surface area contributed by atoms with Gasteiger partial charge in [0.15, 0.2) is 0 Å². The average molecular weight is 311 g/mol. The molecule has 7 heteroatoms. The molecule has 0 fully saturated rings. The van der Waals surface area contributed by atoms with Crippen molar-refractivity contribution in [2.24, 2.45) is 0 Å². The molecule has 0 bridgehead atoms. The van der Waals surface area contributed by atoms with Gasteiger partial charge in [-0.2, -0.15) is 5.10 Å². The van der Waals surface area contributed by atoms with Crippen LogP contribution in [0.5, 0.6) is 0 Å². The molecule has 0 spiro atoms. The number of nitrogens with one attached hydrogen (secondary N) is 1. The molecule has 5 nitrogen and oxygen atoms in total. The average Bonchev–Trinajstić information content (AvgIpc) is 2.93. The fraction of sp³-hybridized carbons (Fsp3) is 0.400. The first-order valence-electron chi connectivity index (χ1n) is 7.08. The third kappa shape index (κ3) is 3.88. The summed E-state index contributed by atoms with van der Waals surface area (Å²) in [6.07, 6.45) is 2.08. The molecule has 1 aromatic carbocycles. The monoisotopic (exact) mass is 311 g/mol. The summed E-state index contributed by atoms with van der Waals surface area (Å²) in [5.74, 6) is -1.32. The number of nitrogens with zero attached hydrogens (tertiary/aromatic N) is 2. The van der Waals surface area contributed by atoms with E-state index in [9.17, 15) is 8.78 Å². The van der Waals surface area contributed by atoms with Crippen molar-refractivity contribution in [1.29, 1.82) is 0 Å². The lowest BCUT2D eigenvalue weighted by Crippen LogP contribution is -2.28. The lowest BCUT2D eigenvalue weighted by molar-refractivity contribution is 0.174. The van der Waals surface area contributed by atoms with E-state index < -0.39 is 11.6 Å². The van der Waals surface area contributed by atoms with Crippen LogP contribution in [0.1, 0.15) is 12.0 Å². The van der Waals surface area contributed by atoms with E-state index in [1.165, 1.54) is 24.4 Å². The molecule has 0 aliphatic carbocycles. The van der Waals surface area contributed by atoms with Crippen molar-refractivity contribution >= 4 is 0 Å². The van der Waals surface area contributed by atoms with Crippen LogP contribution < -0.4 is 0 Å². The molecule has 120 valence electrons. The summed E-state index contributed by atoms with van der Waals surface area (Å²) in [6, 6.07) is 3.70. The van der Waals surface area contributed by atoms with Crippen LogP contribution in [0.25, 0.3) is 11.3 Å². The smallest absolute Gasteiger partial charge is 0.135 e. The van der Waals surface area contributed by atoms with Gasteiger partial charge >= 0.3 is 0 Å². The Balaban J connectivity index is 2.25. The molecule has 0 unspecified atom stereocenters. The molecule has 0 atom stereocenters. The van der Waals surface area contributed by atoms with Gasteiger partial charge < -0.3 is 10.2 Å². The maximum Gasteiger partial charge on any atom is 0.135 e. The first-order chi connectivity index (χ1) is 10.7. The van der Waals surface area contributed by atoms with Crippen LogP contribution in [0.2, 0.25) is 0 Å². The van der Waals surface area contributed by atoms with Gasteiger partial charge in [-0.05, 0) is 18.6 Å². The van der Waals surface area contributed by atoms with Crippen molar-refractivity contribution in [3.63, 3.8) is 0 Å².